The van der Waals surface area contributed by atoms with Crippen LogP contribution in [-0.2, 0) is 5.41 Å². The number of hydrogen-bond acceptors (Lipinski definition) is 3. The van der Waals surface area contributed by atoms with E-state index in [-0.39, 0.29) is 5.75 Å². The van der Waals surface area contributed by atoms with E-state index in [1.54, 1.807) is 0 Å². The van der Waals surface area contributed by atoms with Gasteiger partial charge in [0.1, 0.15) is 22.7 Å². The molecule has 0 heterocycles. The lowest BCUT2D eigenvalue weighted by molar-refractivity contribution is -0.166. The van der Waals surface area contributed by atoms with Crippen LogP contribution in [0.4, 0.5) is 43.9 Å². The monoisotopic (exact) mass is 564 g/mol. The van der Waals surface area contributed by atoms with Crippen molar-refractivity contribution in [3.05, 3.63) is 126 Å². The highest BCUT2D eigenvalue weighted by molar-refractivity contribution is 5.55. The zero-order valence-corrected chi connectivity index (χ0v) is 19.1. The minimum atomic E-state index is -5.16. The van der Waals surface area contributed by atoms with Crippen LogP contribution < -0.4 is 14.2 Å². The fourth-order valence-corrected chi connectivity index (χ4v) is 3.72. The predicted octanol–water partition coefficient (Wildman–Crippen LogP) is 9.23. The van der Waals surface area contributed by atoms with Gasteiger partial charge in [-0.25, -0.2) is 0 Å². The van der Waals surface area contributed by atoms with Crippen LogP contribution in [0.2, 0.25) is 0 Å². The average Bonchev–Trinajstić information content (AvgIpc) is 2.86. The predicted molar refractivity (Wildman–Crippen MR) is 118 cm³/mol. The van der Waals surface area contributed by atoms with E-state index in [4.69, 9.17) is 0 Å². The molecule has 0 saturated carbocycles. The quantitative estimate of drug-likeness (QED) is 0.147. The van der Waals surface area contributed by atoms with Gasteiger partial charge >= 0.3 is 30.4 Å². The first-order valence-electron chi connectivity index (χ1n) is 10.4. The largest absolute Gasteiger partial charge is 0.432 e. The molecule has 39 heavy (non-hydrogen) atoms. The minimum absolute atomic E-state index is 0.194. The summed E-state index contributed by atoms with van der Waals surface area (Å²) in [6.07, 6.45) is -10.7. The summed E-state index contributed by atoms with van der Waals surface area (Å²) in [5.41, 5.74) is -4.55. The van der Waals surface area contributed by atoms with Gasteiger partial charge in [-0.1, -0.05) is 36.4 Å². The Morgan fingerprint density at radius 2 is 0.769 bits per heavy atom. The average molecular weight is 564 g/mol. The second-order valence-corrected chi connectivity index (χ2v) is 7.55. The van der Waals surface area contributed by atoms with E-state index in [0.717, 1.165) is 72.8 Å². The summed E-state index contributed by atoms with van der Waals surface area (Å²) in [7, 11) is 0. The molecule has 0 radical (unpaired) electrons. The smallest absolute Gasteiger partial charge is 0.406 e. The molecule has 0 saturated heterocycles. The molecule has 0 fully saturated rings. The molecule has 0 unspecified atom stereocenters. The van der Waals surface area contributed by atoms with Crippen LogP contribution in [0.1, 0.15) is 16.7 Å². The topological polar surface area (TPSA) is 27.7 Å². The molecule has 0 aromatic heterocycles. The van der Waals surface area contributed by atoms with Gasteiger partial charge in [0.2, 0.25) is 0 Å². The molecule has 3 rings (SSSR count). The van der Waals surface area contributed by atoms with Gasteiger partial charge in [0.05, 0.1) is 0 Å². The summed E-state index contributed by atoms with van der Waals surface area (Å²) < 4.78 is 147. The molecule has 0 atom stereocenters. The van der Waals surface area contributed by atoms with Crippen molar-refractivity contribution >= 4 is 0 Å². The molecule has 3 nitrogen and oxygen atoms in total. The lowest BCUT2D eigenvalue weighted by atomic mass is 9.68. The first kappa shape index (κ1) is 29.1. The first-order valence-corrected chi connectivity index (χ1v) is 10.4. The fourth-order valence-electron chi connectivity index (χ4n) is 3.72. The third kappa shape index (κ3) is 6.36. The standard InChI is InChI=1S/C26H14F10O3/c1-14(27)37-18-8-2-15(3-9-18)25(26(34,35)36,16-4-10-19(11-5-16)38-23(32)21(28)29)17-6-12-20(13-7-17)39-24(33)22(30)31/h2-13H,1H2. The lowest BCUT2D eigenvalue weighted by Crippen LogP contribution is -2.44. The number of benzene rings is 3. The van der Waals surface area contributed by atoms with E-state index in [1.165, 1.54) is 0 Å². The zero-order valence-electron chi connectivity index (χ0n) is 19.1. The highest BCUT2D eigenvalue weighted by Crippen LogP contribution is 2.52. The Kier molecular flexibility index (Phi) is 8.62. The number of halogens is 10. The van der Waals surface area contributed by atoms with Gasteiger partial charge in [0.25, 0.3) is 6.01 Å². The summed E-state index contributed by atoms with van der Waals surface area (Å²) in [5, 5.41) is 0. The van der Waals surface area contributed by atoms with E-state index >= 15 is 13.2 Å². The molecule has 0 N–H and O–H groups in total. The molecular formula is C26H14F10O3. The van der Waals surface area contributed by atoms with Crippen molar-refractivity contribution in [3.63, 3.8) is 0 Å². The molecule has 0 aliphatic heterocycles. The summed E-state index contributed by atoms with van der Waals surface area (Å²) in [6.45, 7) is 2.89. The van der Waals surface area contributed by atoms with Crippen molar-refractivity contribution in [2.24, 2.45) is 0 Å². The van der Waals surface area contributed by atoms with E-state index in [9.17, 15) is 30.7 Å². The molecular weight excluding hydrogens is 550 g/mol. The van der Waals surface area contributed by atoms with Crippen LogP contribution in [0.25, 0.3) is 0 Å². The van der Waals surface area contributed by atoms with E-state index in [0.29, 0.717) is 0 Å². The van der Waals surface area contributed by atoms with Crippen LogP contribution in [0, 0.1) is 0 Å². The normalized spacial score (nSPS) is 11.4. The SMILES string of the molecule is C=C(F)Oc1ccc(C(c2ccc(OC(F)=C(F)F)cc2)(c2ccc(OC(F)=C(F)F)cc2)C(F)(F)F)cc1. The van der Waals surface area contributed by atoms with E-state index in [1.807, 2.05) is 0 Å². The summed E-state index contributed by atoms with van der Waals surface area (Å²) >= 11 is 0. The van der Waals surface area contributed by atoms with Gasteiger partial charge in [-0.05, 0) is 59.7 Å². The maximum absolute atomic E-state index is 15.1. The van der Waals surface area contributed by atoms with Crippen LogP contribution in [0.15, 0.2) is 110 Å². The minimum Gasteiger partial charge on any atom is -0.432 e. The molecule has 0 bridgehead atoms. The number of alkyl halides is 3. The third-order valence-corrected chi connectivity index (χ3v) is 5.23. The Morgan fingerprint density at radius 1 is 0.487 bits per heavy atom. The van der Waals surface area contributed by atoms with Crippen molar-refractivity contribution in [2.75, 3.05) is 0 Å². The third-order valence-electron chi connectivity index (χ3n) is 5.23. The molecule has 206 valence electrons. The Bertz CT molecular complexity index is 1300. The van der Waals surface area contributed by atoms with Crippen LogP contribution >= 0.6 is 0 Å². The molecule has 3 aromatic carbocycles. The van der Waals surface area contributed by atoms with Gasteiger partial charge in [0, 0.05) is 0 Å². The molecule has 3 aromatic rings. The Balaban J connectivity index is 2.23. The van der Waals surface area contributed by atoms with Crippen LogP contribution in [0.3, 0.4) is 0 Å². The van der Waals surface area contributed by atoms with Crippen molar-refractivity contribution in [2.45, 2.75) is 11.6 Å². The van der Waals surface area contributed by atoms with Gasteiger partial charge in [-0.2, -0.15) is 43.9 Å². The number of hydrogen-bond donors (Lipinski definition) is 0. The molecule has 0 aliphatic rings. The maximum Gasteiger partial charge on any atom is 0.406 e. The van der Waals surface area contributed by atoms with E-state index < -0.39 is 70.0 Å². The number of rotatable bonds is 9. The molecule has 13 heteroatoms. The van der Waals surface area contributed by atoms with Crippen molar-refractivity contribution < 1.29 is 58.1 Å². The summed E-state index contributed by atoms with van der Waals surface area (Å²) in [4.78, 5) is 0. The maximum atomic E-state index is 15.1. The van der Waals surface area contributed by atoms with Gasteiger partial charge < -0.3 is 14.2 Å². The highest BCUT2D eigenvalue weighted by Gasteiger charge is 2.58. The second kappa shape index (κ2) is 11.5. The van der Waals surface area contributed by atoms with Crippen molar-refractivity contribution in [1.82, 2.24) is 0 Å². The first-order chi connectivity index (χ1) is 18.2. The van der Waals surface area contributed by atoms with Crippen molar-refractivity contribution in [1.29, 1.82) is 0 Å². The van der Waals surface area contributed by atoms with Crippen molar-refractivity contribution in [3.8, 4) is 17.2 Å². The Labute approximate surface area is 213 Å². The van der Waals surface area contributed by atoms with Gasteiger partial charge in [-0.3, -0.25) is 0 Å². The number of ether oxygens (including phenoxy) is 3. The zero-order chi connectivity index (χ0) is 29.0. The van der Waals surface area contributed by atoms with Crippen LogP contribution in [0.5, 0.6) is 17.2 Å². The van der Waals surface area contributed by atoms with Gasteiger partial charge in [-0.15, -0.1) is 0 Å². The Morgan fingerprint density at radius 3 is 1.00 bits per heavy atom. The summed E-state index contributed by atoms with van der Waals surface area (Å²) in [5.74, 6) is -1.30. The van der Waals surface area contributed by atoms with Crippen LogP contribution in [-0.4, -0.2) is 6.18 Å². The lowest BCUT2D eigenvalue weighted by Gasteiger charge is -2.37. The van der Waals surface area contributed by atoms with E-state index in [2.05, 4.69) is 20.8 Å². The molecule has 0 aliphatic carbocycles. The molecule has 0 amide bonds. The Hall–Kier alpha value is -4.42. The fraction of sp³-hybridized carbons (Fsp3) is 0.0769. The highest BCUT2D eigenvalue weighted by atomic mass is 19.4. The summed E-state index contributed by atoms with van der Waals surface area (Å²) in [6, 6.07) is 4.82. The second-order valence-electron chi connectivity index (χ2n) is 7.55. The van der Waals surface area contributed by atoms with Gasteiger partial charge in [0.15, 0.2) is 0 Å². The molecule has 0 spiro atoms.